The number of amides is 1. The number of carbonyl (C=O) groups is 1. The highest BCUT2D eigenvalue weighted by atomic mass is 32.2. The van der Waals surface area contributed by atoms with E-state index in [0.29, 0.717) is 0 Å². The summed E-state index contributed by atoms with van der Waals surface area (Å²) in [6.45, 7) is 6.19. The number of nitrogens with zero attached hydrogens (tertiary/aromatic N) is 1. The van der Waals surface area contributed by atoms with Crippen molar-refractivity contribution in [1.29, 1.82) is 0 Å². The van der Waals surface area contributed by atoms with Gasteiger partial charge < -0.3 is 5.32 Å². The van der Waals surface area contributed by atoms with E-state index in [0.717, 1.165) is 23.0 Å². The minimum atomic E-state index is -0.527. The molecule has 0 saturated carbocycles. The fourth-order valence-corrected chi connectivity index (χ4v) is 2.79. The zero-order valence-corrected chi connectivity index (χ0v) is 12.8. The van der Waals surface area contributed by atoms with Crippen LogP contribution in [0.15, 0.2) is 5.16 Å². The Kier molecular flexibility index (Phi) is 8.51. The first kappa shape index (κ1) is 16.6. The van der Waals surface area contributed by atoms with Crippen molar-refractivity contribution in [3.8, 4) is 0 Å². The second-order valence-corrected chi connectivity index (χ2v) is 6.55. The second kappa shape index (κ2) is 8.69. The molecule has 1 N–H and O–H groups in total. The summed E-state index contributed by atoms with van der Waals surface area (Å²) in [5.74, 6) is 3.00. The molecular weight excluding hydrogens is 256 g/mol. The Labute approximate surface area is 112 Å². The SMILES string of the molecule is CNC(=O)ON=C(CSCCSC)C(C)(C)C. The summed E-state index contributed by atoms with van der Waals surface area (Å²) in [5, 5.41) is 6.31. The van der Waals surface area contributed by atoms with Gasteiger partial charge in [-0.05, 0) is 6.26 Å². The molecule has 0 aliphatic heterocycles. The molecule has 17 heavy (non-hydrogen) atoms. The van der Waals surface area contributed by atoms with Gasteiger partial charge in [0.15, 0.2) is 0 Å². The molecule has 0 bridgehead atoms. The van der Waals surface area contributed by atoms with Crippen molar-refractivity contribution in [3.05, 3.63) is 0 Å². The molecule has 0 aromatic rings. The third-order valence-corrected chi connectivity index (χ3v) is 3.82. The lowest BCUT2D eigenvalue weighted by atomic mass is 9.91. The zero-order chi connectivity index (χ0) is 13.3. The third kappa shape index (κ3) is 8.37. The fraction of sp³-hybridized carbons (Fsp3) is 0.818. The molecule has 0 aliphatic carbocycles. The van der Waals surface area contributed by atoms with Crippen molar-refractivity contribution < 1.29 is 9.63 Å². The maximum atomic E-state index is 11.0. The molecule has 0 saturated heterocycles. The van der Waals surface area contributed by atoms with Gasteiger partial charge in [0.1, 0.15) is 0 Å². The van der Waals surface area contributed by atoms with Gasteiger partial charge in [0, 0.05) is 29.7 Å². The molecule has 4 nitrogen and oxygen atoms in total. The molecule has 0 heterocycles. The van der Waals surface area contributed by atoms with E-state index in [2.05, 4.69) is 37.5 Å². The summed E-state index contributed by atoms with van der Waals surface area (Å²) in [5.41, 5.74) is 0.813. The minimum Gasteiger partial charge on any atom is -0.323 e. The monoisotopic (exact) mass is 278 g/mol. The summed E-state index contributed by atoms with van der Waals surface area (Å²) in [6, 6.07) is 0. The van der Waals surface area contributed by atoms with Crippen LogP contribution in [0, 0.1) is 5.41 Å². The largest absolute Gasteiger partial charge is 0.433 e. The first-order valence-electron chi connectivity index (χ1n) is 5.44. The number of carbonyl (C=O) groups excluding carboxylic acids is 1. The van der Waals surface area contributed by atoms with Crippen LogP contribution in [0.4, 0.5) is 4.79 Å². The molecule has 1 amide bonds. The van der Waals surface area contributed by atoms with Crippen molar-refractivity contribution in [2.45, 2.75) is 20.8 Å². The third-order valence-electron chi connectivity index (χ3n) is 1.98. The lowest BCUT2D eigenvalue weighted by Gasteiger charge is -2.20. The van der Waals surface area contributed by atoms with Gasteiger partial charge in [-0.2, -0.15) is 23.5 Å². The molecule has 0 spiro atoms. The topological polar surface area (TPSA) is 50.7 Å². The fourth-order valence-electron chi connectivity index (χ4n) is 0.833. The molecule has 0 atom stereocenters. The Morgan fingerprint density at radius 2 is 2.00 bits per heavy atom. The number of nitrogens with one attached hydrogen (secondary N) is 1. The highest BCUT2D eigenvalue weighted by molar-refractivity contribution is 8.02. The van der Waals surface area contributed by atoms with Crippen molar-refractivity contribution in [2.75, 3.05) is 30.6 Å². The molecule has 0 aromatic carbocycles. The molecule has 100 valence electrons. The van der Waals surface area contributed by atoms with E-state index in [-0.39, 0.29) is 5.41 Å². The Morgan fingerprint density at radius 1 is 1.35 bits per heavy atom. The summed E-state index contributed by atoms with van der Waals surface area (Å²) in [4.78, 5) is 15.7. The quantitative estimate of drug-likeness (QED) is 0.351. The highest BCUT2D eigenvalue weighted by Crippen LogP contribution is 2.20. The van der Waals surface area contributed by atoms with E-state index in [1.165, 1.54) is 7.05 Å². The summed E-state index contributed by atoms with van der Waals surface area (Å²) in [6.07, 6.45) is 1.56. The van der Waals surface area contributed by atoms with E-state index in [1.54, 1.807) is 0 Å². The molecule has 0 aliphatic rings. The first-order chi connectivity index (χ1) is 7.91. The van der Waals surface area contributed by atoms with Gasteiger partial charge >= 0.3 is 6.09 Å². The van der Waals surface area contributed by atoms with Crippen LogP contribution in [-0.2, 0) is 4.84 Å². The van der Waals surface area contributed by atoms with Crippen LogP contribution in [0.25, 0.3) is 0 Å². The molecule has 0 unspecified atom stereocenters. The van der Waals surface area contributed by atoms with E-state index in [4.69, 9.17) is 4.84 Å². The smallest absolute Gasteiger partial charge is 0.323 e. The van der Waals surface area contributed by atoms with Gasteiger partial charge in [-0.25, -0.2) is 4.79 Å². The number of rotatable bonds is 6. The minimum absolute atomic E-state index is 0.0830. The first-order valence-corrected chi connectivity index (χ1v) is 7.99. The number of thioether (sulfide) groups is 2. The van der Waals surface area contributed by atoms with Gasteiger partial charge in [-0.1, -0.05) is 25.9 Å². The van der Waals surface area contributed by atoms with E-state index in [1.807, 2.05) is 23.5 Å². The van der Waals surface area contributed by atoms with Gasteiger partial charge in [0.05, 0.1) is 5.71 Å². The van der Waals surface area contributed by atoms with Crippen molar-refractivity contribution in [3.63, 3.8) is 0 Å². The molecule has 0 fully saturated rings. The lowest BCUT2D eigenvalue weighted by molar-refractivity contribution is 0.152. The maximum absolute atomic E-state index is 11.0. The van der Waals surface area contributed by atoms with E-state index < -0.39 is 6.09 Å². The molecule has 0 aromatic heterocycles. The van der Waals surface area contributed by atoms with Crippen molar-refractivity contribution in [2.24, 2.45) is 10.6 Å². The van der Waals surface area contributed by atoms with E-state index in [9.17, 15) is 4.79 Å². The Bertz CT molecular complexity index is 263. The summed E-state index contributed by atoms with van der Waals surface area (Å²) >= 11 is 3.64. The van der Waals surface area contributed by atoms with Crippen molar-refractivity contribution >= 4 is 35.3 Å². The number of hydrogen-bond donors (Lipinski definition) is 1. The van der Waals surface area contributed by atoms with Crippen molar-refractivity contribution in [1.82, 2.24) is 5.32 Å². The zero-order valence-electron chi connectivity index (χ0n) is 11.2. The van der Waals surface area contributed by atoms with Crippen LogP contribution >= 0.6 is 23.5 Å². The van der Waals surface area contributed by atoms with Crippen LogP contribution in [0.1, 0.15) is 20.8 Å². The Hall–Kier alpha value is -0.360. The van der Waals surface area contributed by atoms with E-state index >= 15 is 0 Å². The maximum Gasteiger partial charge on any atom is 0.433 e. The number of oxime groups is 1. The van der Waals surface area contributed by atoms with Crippen LogP contribution in [-0.4, -0.2) is 42.4 Å². The molecule has 0 radical (unpaired) electrons. The average molecular weight is 278 g/mol. The normalized spacial score (nSPS) is 12.4. The van der Waals surface area contributed by atoms with Gasteiger partial charge in [0.2, 0.25) is 0 Å². The summed E-state index contributed by atoms with van der Waals surface area (Å²) in [7, 11) is 1.52. The average Bonchev–Trinajstić information content (AvgIpc) is 2.25. The van der Waals surface area contributed by atoms with Crippen LogP contribution in [0.3, 0.4) is 0 Å². The number of hydrogen-bond acceptors (Lipinski definition) is 5. The van der Waals surface area contributed by atoms with Gasteiger partial charge in [0.25, 0.3) is 0 Å². The van der Waals surface area contributed by atoms with Gasteiger partial charge in [-0.15, -0.1) is 0 Å². The Morgan fingerprint density at radius 3 is 2.47 bits per heavy atom. The predicted molar refractivity (Wildman–Crippen MR) is 78.1 cm³/mol. The molecule has 6 heteroatoms. The second-order valence-electron chi connectivity index (χ2n) is 4.46. The standard InChI is InChI=1S/C11H22N2O2S2/c1-11(2,3)9(8-17-7-6-16-5)13-15-10(14)12-4/h6-8H2,1-5H3,(H,12,14). The highest BCUT2D eigenvalue weighted by Gasteiger charge is 2.20. The lowest BCUT2D eigenvalue weighted by Crippen LogP contribution is -2.25. The molecule has 0 rings (SSSR count). The summed E-state index contributed by atoms with van der Waals surface area (Å²) < 4.78 is 0. The van der Waals surface area contributed by atoms with Crippen LogP contribution in [0.5, 0.6) is 0 Å². The predicted octanol–water partition coefficient (Wildman–Crippen LogP) is 2.84. The molecular formula is C11H22N2O2S2. The van der Waals surface area contributed by atoms with Crippen LogP contribution < -0.4 is 5.32 Å². The van der Waals surface area contributed by atoms with Gasteiger partial charge in [-0.3, -0.25) is 4.84 Å². The Balaban J connectivity index is 4.29. The van der Waals surface area contributed by atoms with Crippen LogP contribution in [0.2, 0.25) is 0 Å².